The molecule has 2 rings (SSSR count). The third kappa shape index (κ3) is 5.77. The predicted octanol–water partition coefficient (Wildman–Crippen LogP) is 2.02. The molecule has 7 nitrogen and oxygen atoms in total. The first kappa shape index (κ1) is 21.4. The van der Waals surface area contributed by atoms with Crippen molar-refractivity contribution in [1.82, 2.24) is 9.62 Å². The predicted molar refractivity (Wildman–Crippen MR) is 102 cm³/mol. The number of benzene rings is 1. The lowest BCUT2D eigenvalue weighted by Crippen LogP contribution is -2.44. The van der Waals surface area contributed by atoms with E-state index in [1.54, 1.807) is 38.1 Å². The molecule has 0 bridgehead atoms. The highest BCUT2D eigenvalue weighted by Gasteiger charge is 2.26. The molecule has 1 saturated heterocycles. The van der Waals surface area contributed by atoms with Crippen molar-refractivity contribution < 1.29 is 23.1 Å². The van der Waals surface area contributed by atoms with Gasteiger partial charge in [-0.05, 0) is 42.9 Å². The van der Waals surface area contributed by atoms with Gasteiger partial charge in [0.2, 0.25) is 15.9 Å². The fraction of sp³-hybridized carbons (Fsp3) is 0.579. The molecule has 8 heteroatoms. The van der Waals surface area contributed by atoms with E-state index in [-0.39, 0.29) is 23.1 Å². The summed E-state index contributed by atoms with van der Waals surface area (Å²) in [6, 6.07) is 5.66. The highest BCUT2D eigenvalue weighted by atomic mass is 32.2. The van der Waals surface area contributed by atoms with Crippen molar-refractivity contribution in [1.29, 1.82) is 0 Å². The largest absolute Gasteiger partial charge is 0.480 e. The summed E-state index contributed by atoms with van der Waals surface area (Å²) in [6.45, 7) is 4.59. The first-order valence-electron chi connectivity index (χ1n) is 9.33. The van der Waals surface area contributed by atoms with Gasteiger partial charge in [-0.3, -0.25) is 4.79 Å². The van der Waals surface area contributed by atoms with E-state index in [0.29, 0.717) is 19.5 Å². The number of carboxylic acid groups (broad SMARTS) is 1. The molecule has 0 aliphatic carbocycles. The molecule has 1 atom stereocenters. The topological polar surface area (TPSA) is 104 Å². The van der Waals surface area contributed by atoms with Crippen molar-refractivity contribution in [3.05, 3.63) is 29.8 Å². The number of aliphatic carboxylic acids is 1. The van der Waals surface area contributed by atoms with E-state index in [4.69, 9.17) is 5.11 Å². The number of aryl methyl sites for hydroxylation is 1. The third-order valence-corrected chi connectivity index (χ3v) is 6.68. The Morgan fingerprint density at radius 3 is 2.22 bits per heavy atom. The third-order valence-electron chi connectivity index (χ3n) is 4.77. The van der Waals surface area contributed by atoms with Gasteiger partial charge in [-0.2, -0.15) is 4.31 Å². The average Bonchev–Trinajstić information content (AvgIpc) is 2.65. The smallest absolute Gasteiger partial charge is 0.326 e. The normalized spacial score (nSPS) is 16.9. The number of carbonyl (C=O) groups is 2. The minimum atomic E-state index is -3.46. The van der Waals surface area contributed by atoms with E-state index in [1.807, 2.05) is 0 Å². The zero-order valence-corrected chi connectivity index (χ0v) is 16.7. The van der Waals surface area contributed by atoms with Crippen LogP contribution in [0.15, 0.2) is 29.2 Å². The Morgan fingerprint density at radius 1 is 1.11 bits per heavy atom. The van der Waals surface area contributed by atoms with Gasteiger partial charge < -0.3 is 10.4 Å². The standard InChI is InChI=1S/C19H28N2O5S/c1-14(2)18(19(23)24)20-17(22)11-8-15-6-9-16(10-7-15)27(25,26)21-12-4-3-5-13-21/h6-7,9-10,14,18H,3-5,8,11-13H2,1-2H3,(H,20,22)(H,23,24). The SMILES string of the molecule is CC(C)C(NC(=O)CCc1ccc(S(=O)(=O)N2CCCCC2)cc1)C(=O)O. The number of nitrogens with one attached hydrogen (secondary N) is 1. The van der Waals surface area contributed by atoms with Gasteiger partial charge in [0.05, 0.1) is 4.90 Å². The Labute approximate surface area is 160 Å². The summed E-state index contributed by atoms with van der Waals surface area (Å²) in [7, 11) is -3.46. The van der Waals surface area contributed by atoms with E-state index < -0.39 is 22.0 Å². The number of nitrogens with zero attached hydrogens (tertiary/aromatic N) is 1. The summed E-state index contributed by atoms with van der Waals surface area (Å²) in [5, 5.41) is 11.6. The highest BCUT2D eigenvalue weighted by Crippen LogP contribution is 2.21. The second-order valence-electron chi connectivity index (χ2n) is 7.24. The Kier molecular flexibility index (Phi) is 7.38. The lowest BCUT2D eigenvalue weighted by Gasteiger charge is -2.25. The van der Waals surface area contributed by atoms with E-state index in [1.165, 1.54) is 4.31 Å². The molecule has 0 radical (unpaired) electrons. The maximum atomic E-state index is 12.6. The Hall–Kier alpha value is -1.93. The van der Waals surface area contributed by atoms with Gasteiger partial charge in [0.15, 0.2) is 0 Å². The van der Waals surface area contributed by atoms with Crippen LogP contribution < -0.4 is 5.32 Å². The molecule has 1 aliphatic heterocycles. The van der Waals surface area contributed by atoms with Crippen molar-refractivity contribution >= 4 is 21.9 Å². The maximum absolute atomic E-state index is 12.6. The molecule has 27 heavy (non-hydrogen) atoms. The molecule has 2 N–H and O–H groups in total. The van der Waals surface area contributed by atoms with Crippen molar-refractivity contribution in [2.45, 2.75) is 56.9 Å². The molecular formula is C19H28N2O5S. The van der Waals surface area contributed by atoms with Gasteiger partial charge >= 0.3 is 5.97 Å². The van der Waals surface area contributed by atoms with Crippen LogP contribution in [0.25, 0.3) is 0 Å². The first-order chi connectivity index (χ1) is 12.7. The van der Waals surface area contributed by atoms with Gasteiger partial charge in [-0.1, -0.05) is 32.4 Å². The molecule has 0 saturated carbocycles. The van der Waals surface area contributed by atoms with Crippen LogP contribution in [0.3, 0.4) is 0 Å². The lowest BCUT2D eigenvalue weighted by atomic mass is 10.0. The van der Waals surface area contributed by atoms with Crippen LogP contribution in [0.4, 0.5) is 0 Å². The average molecular weight is 397 g/mol. The Balaban J connectivity index is 1.93. The zero-order chi connectivity index (χ0) is 20.0. The quantitative estimate of drug-likeness (QED) is 0.700. The molecule has 1 aromatic carbocycles. The van der Waals surface area contributed by atoms with E-state index in [2.05, 4.69) is 5.32 Å². The maximum Gasteiger partial charge on any atom is 0.326 e. The lowest BCUT2D eigenvalue weighted by molar-refractivity contribution is -0.143. The van der Waals surface area contributed by atoms with Gasteiger partial charge in [0.1, 0.15) is 6.04 Å². The van der Waals surface area contributed by atoms with E-state index in [9.17, 15) is 18.0 Å². The molecule has 1 unspecified atom stereocenters. The van der Waals surface area contributed by atoms with Crippen molar-refractivity contribution in [3.63, 3.8) is 0 Å². The molecule has 1 amide bonds. The number of hydrogen-bond donors (Lipinski definition) is 2. The number of rotatable bonds is 8. The van der Waals surface area contributed by atoms with Gasteiger partial charge in [-0.15, -0.1) is 0 Å². The van der Waals surface area contributed by atoms with Crippen LogP contribution in [0.2, 0.25) is 0 Å². The van der Waals surface area contributed by atoms with Gasteiger partial charge in [0, 0.05) is 19.5 Å². The molecule has 0 aromatic heterocycles. The number of carbonyl (C=O) groups excluding carboxylic acids is 1. The highest BCUT2D eigenvalue weighted by molar-refractivity contribution is 7.89. The summed E-state index contributed by atoms with van der Waals surface area (Å²) in [6.07, 6.45) is 3.40. The number of sulfonamides is 1. The number of amides is 1. The molecule has 1 heterocycles. The monoisotopic (exact) mass is 396 g/mol. The minimum Gasteiger partial charge on any atom is -0.480 e. The molecular weight excluding hydrogens is 368 g/mol. The van der Waals surface area contributed by atoms with Crippen LogP contribution in [0.5, 0.6) is 0 Å². The number of piperidine rings is 1. The van der Waals surface area contributed by atoms with Crippen molar-refractivity contribution in [2.24, 2.45) is 5.92 Å². The summed E-state index contributed by atoms with van der Waals surface area (Å²) in [5.41, 5.74) is 0.833. The van der Waals surface area contributed by atoms with Crippen LogP contribution in [0.1, 0.15) is 45.1 Å². The van der Waals surface area contributed by atoms with Crippen molar-refractivity contribution in [3.8, 4) is 0 Å². The summed E-state index contributed by atoms with van der Waals surface area (Å²) < 4.78 is 26.8. The van der Waals surface area contributed by atoms with Crippen LogP contribution in [-0.4, -0.2) is 48.8 Å². The Bertz CT molecular complexity index is 753. The zero-order valence-electron chi connectivity index (χ0n) is 15.8. The van der Waals surface area contributed by atoms with Gasteiger partial charge in [0.25, 0.3) is 0 Å². The summed E-state index contributed by atoms with van der Waals surface area (Å²) in [4.78, 5) is 23.4. The fourth-order valence-electron chi connectivity index (χ4n) is 3.10. The molecule has 1 aliphatic rings. The molecule has 0 spiro atoms. The van der Waals surface area contributed by atoms with Crippen molar-refractivity contribution in [2.75, 3.05) is 13.1 Å². The molecule has 1 aromatic rings. The number of carboxylic acids is 1. The van der Waals surface area contributed by atoms with Crippen LogP contribution >= 0.6 is 0 Å². The van der Waals surface area contributed by atoms with Crippen LogP contribution in [0, 0.1) is 5.92 Å². The Morgan fingerprint density at radius 2 is 1.70 bits per heavy atom. The molecule has 1 fully saturated rings. The van der Waals surface area contributed by atoms with E-state index in [0.717, 1.165) is 24.8 Å². The summed E-state index contributed by atoms with van der Waals surface area (Å²) in [5.74, 6) is -1.59. The second-order valence-corrected chi connectivity index (χ2v) is 9.17. The second kappa shape index (κ2) is 9.32. The number of hydrogen-bond acceptors (Lipinski definition) is 4. The fourth-order valence-corrected chi connectivity index (χ4v) is 4.62. The van der Waals surface area contributed by atoms with Gasteiger partial charge in [-0.25, -0.2) is 13.2 Å². The van der Waals surface area contributed by atoms with E-state index >= 15 is 0 Å². The minimum absolute atomic E-state index is 0.148. The summed E-state index contributed by atoms with van der Waals surface area (Å²) >= 11 is 0. The molecule has 150 valence electrons. The van der Waals surface area contributed by atoms with Crippen LogP contribution in [-0.2, 0) is 26.0 Å². The first-order valence-corrected chi connectivity index (χ1v) is 10.8.